The zero-order chi connectivity index (χ0) is 13.3. The number of sulfonamides is 1. The van der Waals surface area contributed by atoms with Gasteiger partial charge in [-0.1, -0.05) is 0 Å². The number of H-pyrrole nitrogens is 1. The molecule has 3 N–H and O–H groups in total. The number of hydrogen-bond acceptors (Lipinski definition) is 3. The van der Waals surface area contributed by atoms with E-state index in [1.807, 2.05) is 0 Å². The Morgan fingerprint density at radius 1 is 1.16 bits per heavy atom. The van der Waals surface area contributed by atoms with Crippen molar-refractivity contribution >= 4 is 10.0 Å². The quantitative estimate of drug-likeness (QED) is 0.861. The Morgan fingerprint density at radius 3 is 2.16 bits per heavy atom. The predicted octanol–water partition coefficient (Wildman–Crippen LogP) is 1.52. The molecule has 4 fully saturated rings. The summed E-state index contributed by atoms with van der Waals surface area (Å²) < 4.78 is 23.5. The molecule has 1 aromatic heterocycles. The lowest BCUT2D eigenvalue weighted by Gasteiger charge is -2.56. The first-order valence-corrected chi connectivity index (χ1v) is 8.57. The van der Waals surface area contributed by atoms with Crippen LogP contribution in [0.3, 0.4) is 0 Å². The molecule has 4 aliphatic carbocycles. The lowest BCUT2D eigenvalue weighted by molar-refractivity contribution is -0.00850. The van der Waals surface area contributed by atoms with Gasteiger partial charge in [0.2, 0.25) is 10.0 Å². The minimum atomic E-state index is -3.68. The molecule has 0 aromatic carbocycles. The minimum Gasteiger partial charge on any atom is -0.281 e. The second-order valence-electron chi connectivity index (χ2n) is 6.85. The molecule has 4 aliphatic rings. The highest BCUT2D eigenvalue weighted by Gasteiger charge is 2.53. The van der Waals surface area contributed by atoms with E-state index in [0.29, 0.717) is 0 Å². The number of rotatable bonds is 2. The molecule has 0 atom stereocenters. The molecule has 5 nitrogen and oxygen atoms in total. The van der Waals surface area contributed by atoms with Gasteiger partial charge in [0.25, 0.3) is 0 Å². The highest BCUT2D eigenvalue weighted by molar-refractivity contribution is 7.89. The lowest BCUT2D eigenvalue weighted by Crippen LogP contribution is -2.49. The molecule has 5 rings (SSSR count). The molecule has 19 heavy (non-hydrogen) atoms. The Balaban J connectivity index is 1.83. The van der Waals surface area contributed by atoms with Crippen molar-refractivity contribution in [2.45, 2.75) is 48.8 Å². The maximum Gasteiger partial charge on any atom is 0.241 e. The molecule has 1 aromatic rings. The number of nitrogens with two attached hydrogens (primary N) is 1. The van der Waals surface area contributed by atoms with Gasteiger partial charge in [0.05, 0.1) is 11.9 Å². The van der Waals surface area contributed by atoms with Crippen molar-refractivity contribution in [3.63, 3.8) is 0 Å². The average Bonchev–Trinajstić information content (AvgIpc) is 2.75. The summed E-state index contributed by atoms with van der Waals surface area (Å²) in [6.45, 7) is 0. The lowest BCUT2D eigenvalue weighted by atomic mass is 9.49. The first-order valence-electron chi connectivity index (χ1n) is 7.03. The molecule has 0 amide bonds. The number of nitrogens with one attached hydrogen (secondary N) is 1. The van der Waals surface area contributed by atoms with E-state index in [4.69, 9.17) is 5.14 Å². The maximum atomic E-state index is 11.7. The van der Waals surface area contributed by atoms with Gasteiger partial charge in [0, 0.05) is 5.41 Å². The van der Waals surface area contributed by atoms with Crippen LogP contribution in [0.4, 0.5) is 0 Å². The van der Waals surface area contributed by atoms with Crippen LogP contribution in [0, 0.1) is 17.8 Å². The first kappa shape index (κ1) is 11.9. The van der Waals surface area contributed by atoms with Crippen molar-refractivity contribution in [2.75, 3.05) is 0 Å². The molecule has 0 aliphatic heterocycles. The molecule has 4 bridgehead atoms. The summed E-state index contributed by atoms with van der Waals surface area (Å²) >= 11 is 0. The fourth-order valence-electron chi connectivity index (χ4n) is 5.29. The molecular weight excluding hydrogens is 262 g/mol. The van der Waals surface area contributed by atoms with E-state index in [-0.39, 0.29) is 10.3 Å². The van der Waals surface area contributed by atoms with E-state index >= 15 is 0 Å². The van der Waals surface area contributed by atoms with Crippen molar-refractivity contribution in [2.24, 2.45) is 22.9 Å². The van der Waals surface area contributed by atoms with Gasteiger partial charge in [-0.05, 0) is 56.3 Å². The van der Waals surface area contributed by atoms with Crippen LogP contribution in [-0.4, -0.2) is 18.6 Å². The van der Waals surface area contributed by atoms with Crippen molar-refractivity contribution in [1.29, 1.82) is 0 Å². The smallest absolute Gasteiger partial charge is 0.241 e. The largest absolute Gasteiger partial charge is 0.281 e. The third-order valence-electron chi connectivity index (χ3n) is 5.48. The summed E-state index contributed by atoms with van der Waals surface area (Å²) in [6, 6.07) is 0. The summed E-state index contributed by atoms with van der Waals surface area (Å²) in [5.41, 5.74) is 0.779. The Hall–Kier alpha value is -0.880. The van der Waals surface area contributed by atoms with Crippen LogP contribution in [0.2, 0.25) is 0 Å². The summed E-state index contributed by atoms with van der Waals surface area (Å²) in [5.74, 6) is 2.30. The first-order chi connectivity index (χ1) is 8.96. The van der Waals surface area contributed by atoms with Crippen molar-refractivity contribution in [3.05, 3.63) is 11.9 Å². The number of aromatic amines is 1. The van der Waals surface area contributed by atoms with Gasteiger partial charge >= 0.3 is 0 Å². The Labute approximate surface area is 113 Å². The summed E-state index contributed by atoms with van der Waals surface area (Å²) in [7, 11) is -3.68. The Morgan fingerprint density at radius 2 is 1.68 bits per heavy atom. The van der Waals surface area contributed by atoms with Crippen LogP contribution in [0.5, 0.6) is 0 Å². The highest BCUT2D eigenvalue weighted by atomic mass is 32.2. The third kappa shape index (κ3) is 1.69. The third-order valence-corrected chi connectivity index (χ3v) is 6.40. The van der Waals surface area contributed by atoms with Crippen LogP contribution in [0.1, 0.15) is 44.2 Å². The van der Waals surface area contributed by atoms with Gasteiger partial charge in [0.15, 0.2) is 0 Å². The van der Waals surface area contributed by atoms with E-state index in [1.54, 1.807) is 0 Å². The Kier molecular flexibility index (Phi) is 2.26. The number of aromatic nitrogens is 2. The van der Waals surface area contributed by atoms with Crippen LogP contribution in [0.15, 0.2) is 11.1 Å². The zero-order valence-corrected chi connectivity index (χ0v) is 11.6. The standard InChI is InChI=1S/C13H19N3O2S/c14-19(17,18)11-7-15-16-12(11)13-4-8-1-9(5-13)3-10(2-8)6-13/h7-10H,1-6H2,(H,15,16)(H2,14,17,18). The highest BCUT2D eigenvalue weighted by Crippen LogP contribution is 2.60. The van der Waals surface area contributed by atoms with E-state index in [9.17, 15) is 8.42 Å². The van der Waals surface area contributed by atoms with Gasteiger partial charge < -0.3 is 0 Å². The fourth-order valence-corrected chi connectivity index (χ4v) is 6.03. The van der Waals surface area contributed by atoms with Crippen LogP contribution >= 0.6 is 0 Å². The second kappa shape index (κ2) is 3.61. The normalized spacial score (nSPS) is 40.8. The van der Waals surface area contributed by atoms with Crippen LogP contribution in [-0.2, 0) is 15.4 Å². The van der Waals surface area contributed by atoms with E-state index in [1.165, 1.54) is 25.5 Å². The number of hydrogen-bond donors (Lipinski definition) is 2. The van der Waals surface area contributed by atoms with Gasteiger partial charge in [-0.3, -0.25) is 5.10 Å². The van der Waals surface area contributed by atoms with Gasteiger partial charge in [0.1, 0.15) is 4.90 Å². The van der Waals surface area contributed by atoms with Gasteiger partial charge in [-0.25, -0.2) is 13.6 Å². The second-order valence-corrected chi connectivity index (χ2v) is 8.38. The van der Waals surface area contributed by atoms with E-state index in [2.05, 4.69) is 10.2 Å². The predicted molar refractivity (Wildman–Crippen MR) is 69.8 cm³/mol. The zero-order valence-electron chi connectivity index (χ0n) is 10.8. The van der Waals surface area contributed by atoms with E-state index in [0.717, 1.165) is 42.7 Å². The van der Waals surface area contributed by atoms with Crippen LogP contribution in [0.25, 0.3) is 0 Å². The van der Waals surface area contributed by atoms with Crippen molar-refractivity contribution in [3.8, 4) is 0 Å². The number of nitrogens with zero attached hydrogens (tertiary/aromatic N) is 1. The van der Waals surface area contributed by atoms with Gasteiger partial charge in [-0.15, -0.1) is 0 Å². The molecule has 6 heteroatoms. The van der Waals surface area contributed by atoms with Crippen molar-refractivity contribution in [1.82, 2.24) is 10.2 Å². The molecule has 0 unspecified atom stereocenters. The monoisotopic (exact) mass is 281 g/mol. The summed E-state index contributed by atoms with van der Waals surface area (Å²) in [4.78, 5) is 0.217. The maximum absolute atomic E-state index is 11.7. The van der Waals surface area contributed by atoms with E-state index < -0.39 is 10.0 Å². The molecular formula is C13H19N3O2S. The molecule has 0 radical (unpaired) electrons. The SMILES string of the molecule is NS(=O)(=O)c1cn[nH]c1C12CC3CC(CC(C3)C1)C2. The van der Waals surface area contributed by atoms with Gasteiger partial charge in [-0.2, -0.15) is 5.10 Å². The molecule has 4 saturated carbocycles. The topological polar surface area (TPSA) is 88.8 Å². The molecule has 0 saturated heterocycles. The fraction of sp³-hybridized carbons (Fsp3) is 0.769. The summed E-state index contributed by atoms with van der Waals surface area (Å²) in [6.07, 6.45) is 8.68. The number of primary sulfonamides is 1. The Bertz CT molecular complexity index is 584. The summed E-state index contributed by atoms with van der Waals surface area (Å²) in [5, 5.41) is 12.3. The molecule has 1 heterocycles. The average molecular weight is 281 g/mol. The molecule has 104 valence electrons. The van der Waals surface area contributed by atoms with Crippen LogP contribution < -0.4 is 5.14 Å². The molecule has 0 spiro atoms. The minimum absolute atomic E-state index is 0.00692. The van der Waals surface area contributed by atoms with Crippen molar-refractivity contribution < 1.29 is 8.42 Å².